The fourth-order valence-electron chi connectivity index (χ4n) is 1.99. The van der Waals surface area contributed by atoms with Gasteiger partial charge in [-0.3, -0.25) is 0 Å². The van der Waals surface area contributed by atoms with Gasteiger partial charge in [0, 0.05) is 6.21 Å². The van der Waals surface area contributed by atoms with Crippen molar-refractivity contribution in [3.63, 3.8) is 0 Å². The highest BCUT2D eigenvalue weighted by molar-refractivity contribution is 5.77. The molecule has 19 heavy (non-hydrogen) atoms. The molecular formula is C18H19N. The summed E-state index contributed by atoms with van der Waals surface area (Å²) in [5.74, 6) is 0. The molecule has 0 aliphatic carbocycles. The number of aryl methyl sites for hydroxylation is 1. The Hall–Kier alpha value is -2.15. The standard InChI is InChI=1S/C18H19N/c19-15-18-13-11-17(12-14-18)10-6-2-5-9-16-7-3-1-4-8-16/h1,3-4,6-8,10-15,19H,2,5,9H2/b10-6+,19-15?. The van der Waals surface area contributed by atoms with E-state index < -0.39 is 0 Å². The van der Waals surface area contributed by atoms with Gasteiger partial charge in [-0.05, 0) is 36.0 Å². The lowest BCUT2D eigenvalue weighted by atomic mass is 10.1. The minimum absolute atomic E-state index is 0.946. The molecule has 0 saturated carbocycles. The molecule has 1 N–H and O–H groups in total. The Morgan fingerprint density at radius 2 is 1.53 bits per heavy atom. The highest BCUT2D eigenvalue weighted by atomic mass is 14.3. The number of nitrogens with one attached hydrogen (secondary N) is 1. The van der Waals surface area contributed by atoms with Crippen LogP contribution in [0.2, 0.25) is 0 Å². The molecule has 0 aromatic heterocycles. The van der Waals surface area contributed by atoms with Crippen LogP contribution < -0.4 is 0 Å². The number of hydrogen-bond acceptors (Lipinski definition) is 1. The summed E-state index contributed by atoms with van der Waals surface area (Å²) in [5.41, 5.74) is 3.55. The second-order valence-electron chi connectivity index (χ2n) is 4.59. The van der Waals surface area contributed by atoms with E-state index in [0.29, 0.717) is 0 Å². The summed E-state index contributed by atoms with van der Waals surface area (Å²) in [6.07, 6.45) is 9.16. The van der Waals surface area contributed by atoms with E-state index in [1.807, 2.05) is 24.3 Å². The molecule has 0 heterocycles. The Balaban J connectivity index is 1.75. The van der Waals surface area contributed by atoms with Crippen molar-refractivity contribution in [1.82, 2.24) is 0 Å². The average molecular weight is 249 g/mol. The number of unbranched alkanes of at least 4 members (excludes halogenated alkanes) is 1. The molecule has 0 amide bonds. The predicted octanol–water partition coefficient (Wildman–Crippen LogP) is 4.72. The van der Waals surface area contributed by atoms with Crippen molar-refractivity contribution in [3.05, 3.63) is 77.4 Å². The molecular weight excluding hydrogens is 230 g/mol. The van der Waals surface area contributed by atoms with E-state index >= 15 is 0 Å². The fraction of sp³-hybridized carbons (Fsp3) is 0.167. The molecule has 2 aromatic rings. The first-order valence-electron chi connectivity index (χ1n) is 6.69. The zero-order valence-corrected chi connectivity index (χ0v) is 11.0. The van der Waals surface area contributed by atoms with Gasteiger partial charge >= 0.3 is 0 Å². The van der Waals surface area contributed by atoms with Crippen molar-refractivity contribution < 1.29 is 0 Å². The highest BCUT2D eigenvalue weighted by Gasteiger charge is 1.91. The van der Waals surface area contributed by atoms with Gasteiger partial charge in [0.05, 0.1) is 0 Å². The molecule has 0 fully saturated rings. The molecule has 1 heteroatoms. The van der Waals surface area contributed by atoms with Crippen molar-refractivity contribution in [2.24, 2.45) is 0 Å². The maximum absolute atomic E-state index is 7.15. The van der Waals surface area contributed by atoms with Crippen LogP contribution in [-0.2, 0) is 6.42 Å². The summed E-state index contributed by atoms with van der Waals surface area (Å²) >= 11 is 0. The molecule has 0 aliphatic heterocycles. The second kappa shape index (κ2) is 7.32. The lowest BCUT2D eigenvalue weighted by molar-refractivity contribution is 0.845. The van der Waals surface area contributed by atoms with Crippen molar-refractivity contribution >= 4 is 12.3 Å². The first-order chi connectivity index (χ1) is 9.38. The minimum atomic E-state index is 0.946. The van der Waals surface area contributed by atoms with Crippen LogP contribution in [0, 0.1) is 5.41 Å². The van der Waals surface area contributed by atoms with Crippen LogP contribution in [0.4, 0.5) is 0 Å². The van der Waals surface area contributed by atoms with Gasteiger partial charge in [-0.15, -0.1) is 0 Å². The number of hydrogen-bond donors (Lipinski definition) is 1. The van der Waals surface area contributed by atoms with E-state index in [1.165, 1.54) is 23.8 Å². The monoisotopic (exact) mass is 249 g/mol. The van der Waals surface area contributed by atoms with Gasteiger partial charge in [0.1, 0.15) is 0 Å². The smallest absolute Gasteiger partial charge is 0.0250 e. The highest BCUT2D eigenvalue weighted by Crippen LogP contribution is 2.08. The van der Waals surface area contributed by atoms with Crippen LogP contribution in [-0.4, -0.2) is 6.21 Å². The van der Waals surface area contributed by atoms with E-state index in [4.69, 9.17) is 5.41 Å². The summed E-state index contributed by atoms with van der Waals surface area (Å²) in [6, 6.07) is 18.6. The van der Waals surface area contributed by atoms with E-state index in [9.17, 15) is 0 Å². The molecule has 0 atom stereocenters. The molecule has 0 unspecified atom stereocenters. The Morgan fingerprint density at radius 1 is 0.842 bits per heavy atom. The van der Waals surface area contributed by atoms with Crippen LogP contribution in [0.5, 0.6) is 0 Å². The van der Waals surface area contributed by atoms with Crippen LogP contribution in [0.1, 0.15) is 29.5 Å². The predicted molar refractivity (Wildman–Crippen MR) is 82.7 cm³/mol. The maximum atomic E-state index is 7.15. The summed E-state index contributed by atoms with van der Waals surface area (Å²) in [6.45, 7) is 0. The minimum Gasteiger partial charge on any atom is -0.308 e. The first kappa shape index (κ1) is 13.3. The van der Waals surface area contributed by atoms with E-state index in [1.54, 1.807) is 0 Å². The Bertz CT molecular complexity index is 523. The largest absolute Gasteiger partial charge is 0.308 e. The topological polar surface area (TPSA) is 23.9 Å². The number of rotatable bonds is 6. The molecule has 2 rings (SSSR count). The average Bonchev–Trinajstić information content (AvgIpc) is 2.49. The Morgan fingerprint density at radius 3 is 2.21 bits per heavy atom. The Kier molecular flexibility index (Phi) is 5.12. The molecule has 0 radical (unpaired) electrons. The third-order valence-electron chi connectivity index (χ3n) is 3.09. The fourth-order valence-corrected chi connectivity index (χ4v) is 1.99. The zero-order valence-electron chi connectivity index (χ0n) is 11.0. The molecule has 1 nitrogen and oxygen atoms in total. The maximum Gasteiger partial charge on any atom is 0.0250 e. The second-order valence-corrected chi connectivity index (χ2v) is 4.59. The zero-order chi connectivity index (χ0) is 13.3. The van der Waals surface area contributed by atoms with Gasteiger partial charge in [0.15, 0.2) is 0 Å². The quantitative estimate of drug-likeness (QED) is 0.566. The van der Waals surface area contributed by atoms with Crippen molar-refractivity contribution in [1.29, 1.82) is 5.41 Å². The van der Waals surface area contributed by atoms with E-state index in [0.717, 1.165) is 18.4 Å². The van der Waals surface area contributed by atoms with Gasteiger partial charge in [-0.2, -0.15) is 0 Å². The third-order valence-corrected chi connectivity index (χ3v) is 3.09. The third kappa shape index (κ3) is 4.55. The summed E-state index contributed by atoms with van der Waals surface area (Å²) in [7, 11) is 0. The van der Waals surface area contributed by atoms with Gasteiger partial charge in [-0.1, -0.05) is 66.7 Å². The molecule has 0 aliphatic rings. The van der Waals surface area contributed by atoms with Crippen LogP contribution in [0.3, 0.4) is 0 Å². The van der Waals surface area contributed by atoms with Crippen LogP contribution in [0.25, 0.3) is 6.08 Å². The SMILES string of the molecule is N=Cc1ccc(/C=C/CCCc2ccccc2)cc1. The van der Waals surface area contributed by atoms with Gasteiger partial charge in [0.2, 0.25) is 0 Å². The number of allylic oxidation sites excluding steroid dienone is 1. The Labute approximate surface area is 115 Å². The van der Waals surface area contributed by atoms with Gasteiger partial charge in [0.25, 0.3) is 0 Å². The summed E-state index contributed by atoms with van der Waals surface area (Å²) < 4.78 is 0. The van der Waals surface area contributed by atoms with Crippen molar-refractivity contribution in [2.45, 2.75) is 19.3 Å². The summed E-state index contributed by atoms with van der Waals surface area (Å²) in [5, 5.41) is 7.15. The molecule has 96 valence electrons. The normalized spacial score (nSPS) is 10.7. The summed E-state index contributed by atoms with van der Waals surface area (Å²) in [4.78, 5) is 0. The molecule has 0 spiro atoms. The number of benzene rings is 2. The van der Waals surface area contributed by atoms with Crippen molar-refractivity contribution in [2.75, 3.05) is 0 Å². The van der Waals surface area contributed by atoms with Gasteiger partial charge < -0.3 is 5.41 Å². The van der Waals surface area contributed by atoms with E-state index in [2.05, 4.69) is 42.5 Å². The van der Waals surface area contributed by atoms with Crippen LogP contribution >= 0.6 is 0 Å². The van der Waals surface area contributed by atoms with E-state index in [-0.39, 0.29) is 0 Å². The van der Waals surface area contributed by atoms with Gasteiger partial charge in [-0.25, -0.2) is 0 Å². The lowest BCUT2D eigenvalue weighted by Crippen LogP contribution is -1.83. The molecule has 0 saturated heterocycles. The molecule has 2 aromatic carbocycles. The van der Waals surface area contributed by atoms with Crippen molar-refractivity contribution in [3.8, 4) is 0 Å². The molecule has 0 bridgehead atoms. The van der Waals surface area contributed by atoms with Crippen LogP contribution in [0.15, 0.2) is 60.7 Å². The first-order valence-corrected chi connectivity index (χ1v) is 6.69. The lowest BCUT2D eigenvalue weighted by Gasteiger charge is -1.98.